The van der Waals surface area contributed by atoms with E-state index in [2.05, 4.69) is 18.7 Å². The molecule has 1 aliphatic carbocycles. The number of likely N-dealkylation sites (tertiary alicyclic amines) is 1. The highest BCUT2D eigenvalue weighted by atomic mass is 16.1. The minimum atomic E-state index is -0.195. The van der Waals surface area contributed by atoms with E-state index in [1.165, 1.54) is 25.7 Å². The van der Waals surface area contributed by atoms with Crippen LogP contribution in [0.2, 0.25) is 0 Å². The van der Waals surface area contributed by atoms with Gasteiger partial charge in [-0.1, -0.05) is 13.3 Å². The molecule has 0 radical (unpaired) electrons. The van der Waals surface area contributed by atoms with Crippen molar-refractivity contribution in [1.82, 2.24) is 4.90 Å². The van der Waals surface area contributed by atoms with Crippen molar-refractivity contribution < 1.29 is 4.79 Å². The Morgan fingerprint density at radius 2 is 2.07 bits per heavy atom. The SMILES string of the molecule is CCC(C)(C(C)=O)N1CCC2(CCC2)C1. The number of carbonyl (C=O) groups is 1. The molecule has 1 atom stereocenters. The molecular weight excluding hydrogens is 186 g/mol. The molecule has 0 aromatic carbocycles. The molecule has 0 amide bonds. The van der Waals surface area contributed by atoms with E-state index in [-0.39, 0.29) is 5.54 Å². The van der Waals surface area contributed by atoms with Crippen LogP contribution in [0, 0.1) is 5.41 Å². The Hall–Kier alpha value is -0.370. The maximum absolute atomic E-state index is 11.8. The summed E-state index contributed by atoms with van der Waals surface area (Å²) in [6.45, 7) is 8.29. The lowest BCUT2D eigenvalue weighted by Crippen LogP contribution is -2.51. The van der Waals surface area contributed by atoms with Crippen LogP contribution in [-0.4, -0.2) is 29.3 Å². The fourth-order valence-electron chi connectivity index (χ4n) is 3.14. The molecule has 2 fully saturated rings. The molecule has 1 aliphatic heterocycles. The normalized spacial score (nSPS) is 28.7. The van der Waals surface area contributed by atoms with E-state index < -0.39 is 0 Å². The Kier molecular flexibility index (Phi) is 2.66. The first-order valence-electron chi connectivity index (χ1n) is 6.29. The van der Waals surface area contributed by atoms with Gasteiger partial charge in [0, 0.05) is 6.54 Å². The van der Waals surface area contributed by atoms with Gasteiger partial charge < -0.3 is 0 Å². The molecule has 0 N–H and O–H groups in total. The van der Waals surface area contributed by atoms with Gasteiger partial charge in [-0.2, -0.15) is 0 Å². The third-order valence-electron chi connectivity index (χ3n) is 5.00. The maximum Gasteiger partial charge on any atom is 0.149 e. The number of carbonyl (C=O) groups excluding carboxylic acids is 1. The lowest BCUT2D eigenvalue weighted by molar-refractivity contribution is -0.128. The molecule has 15 heavy (non-hydrogen) atoms. The van der Waals surface area contributed by atoms with Crippen LogP contribution < -0.4 is 0 Å². The number of hydrogen-bond acceptors (Lipinski definition) is 2. The monoisotopic (exact) mass is 209 g/mol. The molecule has 0 bridgehead atoms. The van der Waals surface area contributed by atoms with Crippen LogP contribution in [0.1, 0.15) is 52.9 Å². The zero-order chi connectivity index (χ0) is 11.1. The van der Waals surface area contributed by atoms with Crippen molar-refractivity contribution in [2.45, 2.75) is 58.4 Å². The van der Waals surface area contributed by atoms with Crippen LogP contribution in [-0.2, 0) is 4.79 Å². The van der Waals surface area contributed by atoms with Crippen molar-refractivity contribution in [3.8, 4) is 0 Å². The van der Waals surface area contributed by atoms with Gasteiger partial charge in [-0.25, -0.2) is 0 Å². The first-order valence-corrected chi connectivity index (χ1v) is 6.29. The minimum absolute atomic E-state index is 0.195. The Balaban J connectivity index is 2.08. The smallest absolute Gasteiger partial charge is 0.149 e. The molecule has 2 aliphatic rings. The molecule has 1 saturated heterocycles. The van der Waals surface area contributed by atoms with Gasteiger partial charge in [-0.15, -0.1) is 0 Å². The van der Waals surface area contributed by atoms with E-state index in [0.717, 1.165) is 19.5 Å². The average molecular weight is 209 g/mol. The highest BCUT2D eigenvalue weighted by Gasteiger charge is 2.48. The quantitative estimate of drug-likeness (QED) is 0.712. The highest BCUT2D eigenvalue weighted by molar-refractivity contribution is 5.85. The third-order valence-corrected chi connectivity index (χ3v) is 5.00. The molecule has 2 nitrogen and oxygen atoms in total. The molecule has 86 valence electrons. The number of nitrogens with zero attached hydrogens (tertiary/aromatic N) is 1. The summed E-state index contributed by atoms with van der Waals surface area (Å²) < 4.78 is 0. The van der Waals surface area contributed by atoms with Crippen LogP contribution in [0.5, 0.6) is 0 Å². The second-order valence-electron chi connectivity index (χ2n) is 5.71. The lowest BCUT2D eigenvalue weighted by atomic mass is 9.68. The van der Waals surface area contributed by atoms with Gasteiger partial charge >= 0.3 is 0 Å². The summed E-state index contributed by atoms with van der Waals surface area (Å²) in [5, 5.41) is 0. The van der Waals surface area contributed by atoms with Crippen molar-refractivity contribution in [3.63, 3.8) is 0 Å². The summed E-state index contributed by atoms with van der Waals surface area (Å²) in [5.74, 6) is 0.335. The first kappa shape index (κ1) is 11.1. The van der Waals surface area contributed by atoms with Gasteiger partial charge in [0.2, 0.25) is 0 Å². The predicted octanol–water partition coefficient (Wildman–Crippen LogP) is 2.62. The Bertz CT molecular complexity index is 270. The fraction of sp³-hybridized carbons (Fsp3) is 0.923. The summed E-state index contributed by atoms with van der Waals surface area (Å²) >= 11 is 0. The van der Waals surface area contributed by atoms with Gasteiger partial charge in [-0.05, 0) is 51.5 Å². The molecule has 0 aromatic heterocycles. The van der Waals surface area contributed by atoms with Crippen molar-refractivity contribution in [1.29, 1.82) is 0 Å². The van der Waals surface area contributed by atoms with Crippen LogP contribution in [0.3, 0.4) is 0 Å². The topological polar surface area (TPSA) is 20.3 Å². The predicted molar refractivity (Wildman–Crippen MR) is 61.9 cm³/mol. The van der Waals surface area contributed by atoms with Crippen molar-refractivity contribution >= 4 is 5.78 Å². The van der Waals surface area contributed by atoms with Gasteiger partial charge in [0.1, 0.15) is 5.78 Å². The second-order valence-corrected chi connectivity index (χ2v) is 5.71. The Morgan fingerprint density at radius 1 is 1.40 bits per heavy atom. The molecule has 0 aromatic rings. The number of ketones is 1. The average Bonchev–Trinajstić information content (AvgIpc) is 2.60. The Labute approximate surface area is 93.0 Å². The molecule has 1 spiro atoms. The third kappa shape index (κ3) is 1.63. The molecule has 2 rings (SSSR count). The molecular formula is C13H23NO. The van der Waals surface area contributed by atoms with Crippen LogP contribution in [0.4, 0.5) is 0 Å². The molecule has 1 unspecified atom stereocenters. The summed E-state index contributed by atoms with van der Waals surface area (Å²) in [6, 6.07) is 0. The van der Waals surface area contributed by atoms with Crippen LogP contribution in [0.25, 0.3) is 0 Å². The second kappa shape index (κ2) is 3.58. The van der Waals surface area contributed by atoms with E-state index in [1.54, 1.807) is 6.92 Å². The van der Waals surface area contributed by atoms with Gasteiger partial charge in [-0.3, -0.25) is 9.69 Å². The van der Waals surface area contributed by atoms with E-state index in [9.17, 15) is 4.79 Å². The van der Waals surface area contributed by atoms with Crippen molar-refractivity contribution in [2.75, 3.05) is 13.1 Å². The van der Waals surface area contributed by atoms with Crippen LogP contribution in [0.15, 0.2) is 0 Å². The van der Waals surface area contributed by atoms with Gasteiger partial charge in [0.15, 0.2) is 0 Å². The number of Topliss-reactive ketones (excluding diaryl/α,β-unsaturated/α-hetero) is 1. The molecule has 1 saturated carbocycles. The summed E-state index contributed by atoms with van der Waals surface area (Å²) in [7, 11) is 0. The van der Waals surface area contributed by atoms with E-state index in [4.69, 9.17) is 0 Å². The zero-order valence-corrected chi connectivity index (χ0v) is 10.3. The summed E-state index contributed by atoms with van der Waals surface area (Å²) in [5.41, 5.74) is 0.408. The Morgan fingerprint density at radius 3 is 2.40 bits per heavy atom. The largest absolute Gasteiger partial charge is 0.298 e. The van der Waals surface area contributed by atoms with E-state index in [1.807, 2.05) is 0 Å². The fourth-order valence-corrected chi connectivity index (χ4v) is 3.14. The highest BCUT2D eigenvalue weighted by Crippen LogP contribution is 2.49. The first-order chi connectivity index (χ1) is 7.02. The standard InChI is InChI=1S/C13H23NO/c1-4-12(3,11(2)15)14-9-8-13(10-14)6-5-7-13/h4-10H2,1-3H3. The minimum Gasteiger partial charge on any atom is -0.298 e. The van der Waals surface area contributed by atoms with E-state index in [0.29, 0.717) is 11.2 Å². The van der Waals surface area contributed by atoms with Gasteiger partial charge in [0.05, 0.1) is 5.54 Å². The number of hydrogen-bond donors (Lipinski definition) is 0. The van der Waals surface area contributed by atoms with Gasteiger partial charge in [0.25, 0.3) is 0 Å². The lowest BCUT2D eigenvalue weighted by Gasteiger charge is -2.41. The molecule has 2 heteroatoms. The van der Waals surface area contributed by atoms with E-state index >= 15 is 0 Å². The summed E-state index contributed by atoms with van der Waals surface area (Å²) in [4.78, 5) is 14.2. The molecule has 1 heterocycles. The maximum atomic E-state index is 11.8. The van der Waals surface area contributed by atoms with Crippen molar-refractivity contribution in [3.05, 3.63) is 0 Å². The van der Waals surface area contributed by atoms with Crippen LogP contribution >= 0.6 is 0 Å². The number of rotatable bonds is 3. The summed E-state index contributed by atoms with van der Waals surface area (Å²) in [6.07, 6.45) is 6.44. The van der Waals surface area contributed by atoms with Crippen molar-refractivity contribution in [2.24, 2.45) is 5.41 Å². The zero-order valence-electron chi connectivity index (χ0n) is 10.3.